The first-order valence-corrected chi connectivity index (χ1v) is 9.23. The Hall–Kier alpha value is -2.26. The summed E-state index contributed by atoms with van der Waals surface area (Å²) < 4.78 is 55.3. The number of rotatable bonds is 4. The lowest BCUT2D eigenvalue weighted by Gasteiger charge is -2.09. The summed E-state index contributed by atoms with van der Waals surface area (Å²) in [6.07, 6.45) is 2.70. The number of pyridine rings is 2. The van der Waals surface area contributed by atoms with E-state index < -0.39 is 27.5 Å². The number of aromatic amines is 1. The van der Waals surface area contributed by atoms with Crippen molar-refractivity contribution in [2.75, 3.05) is 4.72 Å². The Balaban J connectivity index is 1.72. The first kappa shape index (κ1) is 16.2. The second kappa shape index (κ2) is 5.63. The van der Waals surface area contributed by atoms with Crippen LogP contribution >= 0.6 is 11.6 Å². The molecule has 1 saturated carbocycles. The molecule has 0 bridgehead atoms. The van der Waals surface area contributed by atoms with Crippen LogP contribution in [0, 0.1) is 11.8 Å². The number of hydrogen-bond donors (Lipinski definition) is 2. The van der Waals surface area contributed by atoms with Gasteiger partial charge in [-0.05, 0) is 25.0 Å². The van der Waals surface area contributed by atoms with Crippen molar-refractivity contribution in [3.63, 3.8) is 0 Å². The van der Waals surface area contributed by atoms with Crippen LogP contribution in [0.5, 0.6) is 0 Å². The molecule has 0 amide bonds. The molecule has 10 heteroatoms. The maximum atomic E-state index is 14.1. The van der Waals surface area contributed by atoms with Crippen LogP contribution in [0.4, 0.5) is 14.5 Å². The highest BCUT2D eigenvalue weighted by molar-refractivity contribution is 7.93. The summed E-state index contributed by atoms with van der Waals surface area (Å²) >= 11 is 5.76. The molecule has 0 aromatic carbocycles. The van der Waals surface area contributed by atoms with E-state index in [0.29, 0.717) is 0 Å². The standard InChI is InChI=1S/C15H11ClF2N4O2S/c16-12-4-3-8-11(6-19-15(8)20-12)25(23,24)22-10-5-9(17)13(7-1-2-7)21-14(10)18/h3-7,22H,1-2H2,(H,19,20). The number of aromatic nitrogens is 3. The van der Waals surface area contributed by atoms with E-state index in [-0.39, 0.29) is 32.7 Å². The second-order valence-electron chi connectivity index (χ2n) is 5.76. The summed E-state index contributed by atoms with van der Waals surface area (Å²) in [5.74, 6) is -1.88. The number of sulfonamides is 1. The maximum absolute atomic E-state index is 14.1. The van der Waals surface area contributed by atoms with Crippen molar-refractivity contribution in [1.82, 2.24) is 15.0 Å². The molecule has 3 aromatic heterocycles. The highest BCUT2D eigenvalue weighted by atomic mass is 35.5. The fraction of sp³-hybridized carbons (Fsp3) is 0.200. The lowest BCUT2D eigenvalue weighted by atomic mass is 10.2. The van der Waals surface area contributed by atoms with E-state index >= 15 is 0 Å². The number of hydrogen-bond acceptors (Lipinski definition) is 4. The first-order chi connectivity index (χ1) is 11.8. The van der Waals surface area contributed by atoms with E-state index in [1.165, 1.54) is 18.3 Å². The third-order valence-corrected chi connectivity index (χ3v) is 5.54. The minimum Gasteiger partial charge on any atom is -0.345 e. The third-order valence-electron chi connectivity index (χ3n) is 3.92. The Morgan fingerprint density at radius 1 is 1.24 bits per heavy atom. The average Bonchev–Trinajstić information content (AvgIpc) is 3.29. The molecule has 0 radical (unpaired) electrons. The highest BCUT2D eigenvalue weighted by Crippen LogP contribution is 2.41. The fourth-order valence-electron chi connectivity index (χ4n) is 2.57. The van der Waals surface area contributed by atoms with Gasteiger partial charge in [0.2, 0.25) is 5.95 Å². The van der Waals surface area contributed by atoms with Gasteiger partial charge in [0.25, 0.3) is 10.0 Å². The molecule has 0 spiro atoms. The monoisotopic (exact) mass is 384 g/mol. The quantitative estimate of drug-likeness (QED) is 0.673. The van der Waals surface area contributed by atoms with Gasteiger partial charge in [0.15, 0.2) is 0 Å². The fourth-order valence-corrected chi connectivity index (χ4v) is 3.93. The average molecular weight is 385 g/mol. The zero-order valence-electron chi connectivity index (χ0n) is 12.6. The van der Waals surface area contributed by atoms with E-state index in [0.717, 1.165) is 18.9 Å². The highest BCUT2D eigenvalue weighted by Gasteiger charge is 2.30. The van der Waals surface area contributed by atoms with Crippen LogP contribution in [0.3, 0.4) is 0 Å². The van der Waals surface area contributed by atoms with Gasteiger partial charge in [0.1, 0.15) is 27.2 Å². The maximum Gasteiger partial charge on any atom is 0.264 e. The molecule has 0 unspecified atom stereocenters. The topological polar surface area (TPSA) is 87.7 Å². The Bertz CT molecular complexity index is 1100. The number of H-pyrrole nitrogens is 1. The zero-order chi connectivity index (χ0) is 17.8. The molecule has 0 saturated heterocycles. The van der Waals surface area contributed by atoms with Gasteiger partial charge in [-0.2, -0.15) is 4.39 Å². The Morgan fingerprint density at radius 3 is 2.72 bits per heavy atom. The van der Waals surface area contributed by atoms with E-state index in [1.54, 1.807) is 0 Å². The van der Waals surface area contributed by atoms with Crippen LogP contribution in [-0.2, 0) is 10.0 Å². The van der Waals surface area contributed by atoms with Crippen LogP contribution in [0.1, 0.15) is 24.5 Å². The molecule has 25 heavy (non-hydrogen) atoms. The molecule has 2 N–H and O–H groups in total. The summed E-state index contributed by atoms with van der Waals surface area (Å²) in [6.45, 7) is 0. The molecule has 4 rings (SSSR count). The van der Waals surface area contributed by atoms with E-state index in [1.807, 2.05) is 4.72 Å². The lowest BCUT2D eigenvalue weighted by molar-refractivity contribution is 0.546. The normalized spacial score (nSPS) is 14.8. The minimum atomic E-state index is -4.18. The van der Waals surface area contributed by atoms with Crippen molar-refractivity contribution >= 4 is 38.3 Å². The van der Waals surface area contributed by atoms with Gasteiger partial charge >= 0.3 is 0 Å². The molecule has 1 aliphatic rings. The predicted molar refractivity (Wildman–Crippen MR) is 88.0 cm³/mol. The molecular weight excluding hydrogens is 374 g/mol. The molecular formula is C15H11ClF2N4O2S. The first-order valence-electron chi connectivity index (χ1n) is 7.37. The van der Waals surface area contributed by atoms with Crippen molar-refractivity contribution in [2.45, 2.75) is 23.7 Å². The Kier molecular flexibility index (Phi) is 3.66. The molecule has 3 heterocycles. The van der Waals surface area contributed by atoms with Gasteiger partial charge in [-0.1, -0.05) is 11.6 Å². The van der Waals surface area contributed by atoms with Gasteiger partial charge < -0.3 is 4.98 Å². The second-order valence-corrected chi connectivity index (χ2v) is 7.79. The van der Waals surface area contributed by atoms with E-state index in [9.17, 15) is 17.2 Å². The lowest BCUT2D eigenvalue weighted by Crippen LogP contribution is -2.15. The predicted octanol–water partition coefficient (Wildman–Crippen LogP) is 3.57. The van der Waals surface area contributed by atoms with Crippen LogP contribution in [0.25, 0.3) is 11.0 Å². The largest absolute Gasteiger partial charge is 0.345 e. The van der Waals surface area contributed by atoms with Crippen LogP contribution in [-0.4, -0.2) is 23.4 Å². The molecule has 3 aromatic rings. The molecule has 1 fully saturated rings. The SMILES string of the molecule is O=S(=O)(Nc1cc(F)c(C2CC2)nc1F)c1c[nH]c2nc(Cl)ccc12. The number of nitrogens with one attached hydrogen (secondary N) is 2. The summed E-state index contributed by atoms with van der Waals surface area (Å²) in [5.41, 5.74) is -0.244. The van der Waals surface area contributed by atoms with Gasteiger partial charge in [-0.15, -0.1) is 0 Å². The summed E-state index contributed by atoms with van der Waals surface area (Å²) in [7, 11) is -4.18. The zero-order valence-corrected chi connectivity index (χ0v) is 14.1. The molecule has 130 valence electrons. The number of halogens is 3. The van der Waals surface area contributed by atoms with Gasteiger partial charge in [0, 0.05) is 23.6 Å². The summed E-state index contributed by atoms with van der Waals surface area (Å²) in [4.78, 5) is 10.1. The Labute approximate surface area is 146 Å². The van der Waals surface area contributed by atoms with Crippen LogP contribution in [0.15, 0.2) is 29.3 Å². The van der Waals surface area contributed by atoms with Crippen molar-refractivity contribution in [3.8, 4) is 0 Å². The molecule has 0 atom stereocenters. The van der Waals surface area contributed by atoms with Crippen LogP contribution < -0.4 is 4.72 Å². The summed E-state index contributed by atoms with van der Waals surface area (Å²) in [5, 5.41) is 0.472. The molecule has 6 nitrogen and oxygen atoms in total. The number of nitrogens with zero attached hydrogens (tertiary/aromatic N) is 2. The summed E-state index contributed by atoms with van der Waals surface area (Å²) in [6, 6.07) is 3.72. The van der Waals surface area contributed by atoms with Crippen LogP contribution in [0.2, 0.25) is 5.15 Å². The third kappa shape index (κ3) is 2.93. The van der Waals surface area contributed by atoms with E-state index in [2.05, 4.69) is 15.0 Å². The Morgan fingerprint density at radius 2 is 2.00 bits per heavy atom. The number of anilines is 1. The van der Waals surface area contributed by atoms with Crippen molar-refractivity contribution in [2.24, 2.45) is 0 Å². The van der Waals surface area contributed by atoms with Crippen molar-refractivity contribution < 1.29 is 17.2 Å². The molecule has 1 aliphatic carbocycles. The van der Waals surface area contributed by atoms with E-state index in [4.69, 9.17) is 11.6 Å². The van der Waals surface area contributed by atoms with Crippen molar-refractivity contribution in [1.29, 1.82) is 0 Å². The number of fused-ring (bicyclic) bond motifs is 1. The van der Waals surface area contributed by atoms with Crippen molar-refractivity contribution in [3.05, 3.63) is 47.0 Å². The molecule has 0 aliphatic heterocycles. The minimum absolute atomic E-state index is 0.0337. The van der Waals surface area contributed by atoms with Gasteiger partial charge in [-0.3, -0.25) is 4.72 Å². The van der Waals surface area contributed by atoms with Gasteiger partial charge in [0.05, 0.1) is 5.69 Å². The smallest absolute Gasteiger partial charge is 0.264 e. The van der Waals surface area contributed by atoms with Gasteiger partial charge in [-0.25, -0.2) is 22.8 Å².